The van der Waals surface area contributed by atoms with Crippen LogP contribution < -0.4 is 15.4 Å². The Morgan fingerprint density at radius 2 is 2.18 bits per heavy atom. The zero-order valence-electron chi connectivity index (χ0n) is 10.3. The number of hydrogen-bond acceptors (Lipinski definition) is 4. The van der Waals surface area contributed by atoms with E-state index in [1.165, 1.54) is 5.69 Å². The van der Waals surface area contributed by atoms with E-state index in [1.54, 1.807) is 7.11 Å². The van der Waals surface area contributed by atoms with E-state index in [9.17, 15) is 0 Å². The summed E-state index contributed by atoms with van der Waals surface area (Å²) in [6.45, 7) is 3.31. The maximum absolute atomic E-state index is 5.67. The Morgan fingerprint density at radius 3 is 2.82 bits per heavy atom. The van der Waals surface area contributed by atoms with E-state index in [2.05, 4.69) is 17.0 Å². The van der Waals surface area contributed by atoms with Gasteiger partial charge in [-0.3, -0.25) is 0 Å². The van der Waals surface area contributed by atoms with Gasteiger partial charge >= 0.3 is 0 Å². The molecule has 2 N–H and O–H groups in total. The Labute approximate surface area is 102 Å². The van der Waals surface area contributed by atoms with E-state index in [0.29, 0.717) is 6.54 Å². The third kappa shape index (κ3) is 3.11. The lowest BCUT2D eigenvalue weighted by atomic mass is 10.2. The van der Waals surface area contributed by atoms with Crippen LogP contribution in [-0.4, -0.2) is 39.5 Å². The van der Waals surface area contributed by atoms with Crippen LogP contribution in [0.1, 0.15) is 6.42 Å². The number of methoxy groups -OCH3 is 1. The Balaban J connectivity index is 2.00. The predicted octanol–water partition coefficient (Wildman–Crippen LogP) is 1.25. The average molecular weight is 236 g/mol. The van der Waals surface area contributed by atoms with E-state index in [-0.39, 0.29) is 6.10 Å². The Morgan fingerprint density at radius 1 is 1.41 bits per heavy atom. The highest BCUT2D eigenvalue weighted by atomic mass is 16.5. The number of morpholine rings is 1. The fourth-order valence-electron chi connectivity index (χ4n) is 2.11. The van der Waals surface area contributed by atoms with Crippen LogP contribution in [0.15, 0.2) is 24.3 Å². The number of ether oxygens (including phenoxy) is 2. The van der Waals surface area contributed by atoms with Crippen molar-refractivity contribution in [2.45, 2.75) is 12.5 Å². The molecule has 0 saturated carbocycles. The highest BCUT2D eigenvalue weighted by molar-refractivity contribution is 5.49. The van der Waals surface area contributed by atoms with Crippen LogP contribution in [0.3, 0.4) is 0 Å². The van der Waals surface area contributed by atoms with Gasteiger partial charge in [-0.2, -0.15) is 0 Å². The van der Waals surface area contributed by atoms with Gasteiger partial charge in [-0.05, 0) is 37.2 Å². The first-order valence-corrected chi connectivity index (χ1v) is 6.04. The topological polar surface area (TPSA) is 47.7 Å². The molecule has 1 aromatic carbocycles. The molecule has 1 atom stereocenters. The fraction of sp³-hybridized carbons (Fsp3) is 0.538. The van der Waals surface area contributed by atoms with Crippen molar-refractivity contribution in [3.63, 3.8) is 0 Å². The smallest absolute Gasteiger partial charge is 0.119 e. The van der Waals surface area contributed by atoms with Crippen LogP contribution in [0.2, 0.25) is 0 Å². The van der Waals surface area contributed by atoms with Crippen molar-refractivity contribution in [3.05, 3.63) is 24.3 Å². The van der Waals surface area contributed by atoms with Crippen LogP contribution in [0, 0.1) is 0 Å². The second kappa shape index (κ2) is 5.89. The minimum Gasteiger partial charge on any atom is -0.497 e. The molecule has 1 aromatic rings. The Bertz CT molecular complexity index is 338. The highest BCUT2D eigenvalue weighted by Crippen LogP contribution is 2.21. The summed E-state index contributed by atoms with van der Waals surface area (Å²) in [6, 6.07) is 8.15. The van der Waals surface area contributed by atoms with Gasteiger partial charge in [-0.1, -0.05) is 0 Å². The second-order valence-corrected chi connectivity index (χ2v) is 4.21. The zero-order chi connectivity index (χ0) is 12.1. The van der Waals surface area contributed by atoms with Crippen molar-refractivity contribution in [1.29, 1.82) is 0 Å². The summed E-state index contributed by atoms with van der Waals surface area (Å²) in [5.74, 6) is 0.889. The minimum absolute atomic E-state index is 0.260. The van der Waals surface area contributed by atoms with Gasteiger partial charge in [0.2, 0.25) is 0 Å². The highest BCUT2D eigenvalue weighted by Gasteiger charge is 2.19. The fourth-order valence-corrected chi connectivity index (χ4v) is 2.11. The van der Waals surface area contributed by atoms with Gasteiger partial charge < -0.3 is 20.1 Å². The predicted molar refractivity (Wildman–Crippen MR) is 68.6 cm³/mol. The molecular weight excluding hydrogens is 216 g/mol. The van der Waals surface area contributed by atoms with Gasteiger partial charge in [-0.25, -0.2) is 0 Å². The number of anilines is 1. The van der Waals surface area contributed by atoms with Crippen molar-refractivity contribution in [2.24, 2.45) is 5.73 Å². The molecule has 0 aliphatic carbocycles. The lowest BCUT2D eigenvalue weighted by Crippen LogP contribution is -2.43. The van der Waals surface area contributed by atoms with Crippen LogP contribution in [0.5, 0.6) is 5.75 Å². The molecule has 17 heavy (non-hydrogen) atoms. The minimum atomic E-state index is 0.260. The van der Waals surface area contributed by atoms with Crippen LogP contribution in [0.4, 0.5) is 5.69 Å². The Kier molecular flexibility index (Phi) is 4.23. The quantitative estimate of drug-likeness (QED) is 0.854. The summed E-state index contributed by atoms with van der Waals surface area (Å²) in [5.41, 5.74) is 6.78. The first kappa shape index (κ1) is 12.2. The molecule has 0 aromatic heterocycles. The molecule has 0 bridgehead atoms. The maximum atomic E-state index is 5.67. The standard InChI is InChI=1S/C13H20N2O2/c1-16-12-4-2-11(3-5-12)15-8-9-17-13(10-15)6-7-14/h2-5,13H,6-10,14H2,1H3. The van der Waals surface area contributed by atoms with Gasteiger partial charge in [0.15, 0.2) is 0 Å². The van der Waals surface area contributed by atoms with Gasteiger partial charge in [0.25, 0.3) is 0 Å². The van der Waals surface area contributed by atoms with E-state index in [0.717, 1.165) is 31.9 Å². The molecule has 1 fully saturated rings. The van der Waals surface area contributed by atoms with Crippen LogP contribution in [-0.2, 0) is 4.74 Å². The third-order valence-electron chi connectivity index (χ3n) is 3.06. The molecule has 0 spiro atoms. The van der Waals surface area contributed by atoms with Crippen LogP contribution in [0.25, 0.3) is 0 Å². The molecule has 1 aliphatic heterocycles. The molecule has 1 heterocycles. The van der Waals surface area contributed by atoms with Crippen LogP contribution >= 0.6 is 0 Å². The third-order valence-corrected chi connectivity index (χ3v) is 3.06. The first-order chi connectivity index (χ1) is 8.33. The number of nitrogens with two attached hydrogens (primary N) is 1. The van der Waals surface area contributed by atoms with E-state index in [1.807, 2.05) is 12.1 Å². The summed E-state index contributed by atoms with van der Waals surface area (Å²) in [7, 11) is 1.68. The van der Waals surface area contributed by atoms with E-state index >= 15 is 0 Å². The molecule has 1 saturated heterocycles. The number of rotatable bonds is 4. The maximum Gasteiger partial charge on any atom is 0.119 e. The molecule has 4 nitrogen and oxygen atoms in total. The Hall–Kier alpha value is -1.26. The monoisotopic (exact) mass is 236 g/mol. The molecular formula is C13H20N2O2. The zero-order valence-corrected chi connectivity index (χ0v) is 10.3. The molecule has 1 aliphatic rings. The summed E-state index contributed by atoms with van der Waals surface area (Å²) in [6.07, 6.45) is 1.18. The summed E-state index contributed by atoms with van der Waals surface area (Å²) in [5, 5.41) is 0. The number of nitrogens with zero attached hydrogens (tertiary/aromatic N) is 1. The number of hydrogen-bond donors (Lipinski definition) is 1. The van der Waals surface area contributed by atoms with Gasteiger partial charge in [0.05, 0.1) is 19.8 Å². The molecule has 1 unspecified atom stereocenters. The number of benzene rings is 1. The SMILES string of the molecule is COc1ccc(N2CCOC(CCN)C2)cc1. The van der Waals surface area contributed by atoms with Crippen molar-refractivity contribution < 1.29 is 9.47 Å². The molecule has 4 heteroatoms. The van der Waals surface area contributed by atoms with Crippen molar-refractivity contribution in [3.8, 4) is 5.75 Å². The van der Waals surface area contributed by atoms with Crippen molar-refractivity contribution >= 4 is 5.69 Å². The summed E-state index contributed by atoms with van der Waals surface area (Å²) in [4.78, 5) is 2.34. The lowest BCUT2D eigenvalue weighted by molar-refractivity contribution is 0.0369. The molecule has 0 amide bonds. The normalized spacial score (nSPS) is 20.4. The van der Waals surface area contributed by atoms with Gasteiger partial charge in [0.1, 0.15) is 5.75 Å². The summed E-state index contributed by atoms with van der Waals surface area (Å²) < 4.78 is 10.8. The van der Waals surface area contributed by atoms with E-state index in [4.69, 9.17) is 15.2 Å². The lowest BCUT2D eigenvalue weighted by Gasteiger charge is -2.34. The van der Waals surface area contributed by atoms with Crippen molar-refractivity contribution in [2.75, 3.05) is 38.3 Å². The summed E-state index contributed by atoms with van der Waals surface area (Å²) >= 11 is 0. The second-order valence-electron chi connectivity index (χ2n) is 4.21. The first-order valence-electron chi connectivity index (χ1n) is 6.04. The largest absolute Gasteiger partial charge is 0.497 e. The van der Waals surface area contributed by atoms with E-state index < -0.39 is 0 Å². The molecule has 2 rings (SSSR count). The van der Waals surface area contributed by atoms with Gasteiger partial charge in [0, 0.05) is 18.8 Å². The molecule has 0 radical (unpaired) electrons. The average Bonchev–Trinajstić information content (AvgIpc) is 2.40. The van der Waals surface area contributed by atoms with Gasteiger partial charge in [-0.15, -0.1) is 0 Å². The van der Waals surface area contributed by atoms with Crippen molar-refractivity contribution in [1.82, 2.24) is 0 Å². The molecule has 94 valence electrons.